The van der Waals surface area contributed by atoms with E-state index in [0.29, 0.717) is 6.54 Å². The molecule has 0 aromatic heterocycles. The average Bonchev–Trinajstić information content (AvgIpc) is 2.36. The van der Waals surface area contributed by atoms with Crippen LogP contribution in [0, 0.1) is 5.92 Å². The topological polar surface area (TPSA) is 49.8 Å². The maximum absolute atomic E-state index is 11.0. The van der Waals surface area contributed by atoms with Crippen LogP contribution in [0.25, 0.3) is 0 Å². The number of ether oxygens (including phenoxy) is 1. The molecule has 0 saturated carbocycles. The Morgan fingerprint density at radius 1 is 1.44 bits per heavy atom. The van der Waals surface area contributed by atoms with Crippen molar-refractivity contribution in [3.05, 3.63) is 29.8 Å². The summed E-state index contributed by atoms with van der Waals surface area (Å²) in [6, 6.07) is 7.79. The molecule has 0 spiro atoms. The van der Waals surface area contributed by atoms with Crippen LogP contribution in [0.5, 0.6) is 5.75 Å². The van der Waals surface area contributed by atoms with Gasteiger partial charge in [-0.3, -0.25) is 9.69 Å². The molecule has 2 unspecified atom stereocenters. The van der Waals surface area contributed by atoms with Gasteiger partial charge in [0, 0.05) is 12.6 Å². The Labute approximate surface area is 108 Å². The Kier molecular flexibility index (Phi) is 5.16. The number of carboxylic acids is 1. The molecule has 1 aromatic rings. The van der Waals surface area contributed by atoms with Crippen molar-refractivity contribution < 1.29 is 14.6 Å². The zero-order valence-electron chi connectivity index (χ0n) is 11.4. The molecule has 0 aliphatic carbocycles. The van der Waals surface area contributed by atoms with Gasteiger partial charge in [-0.25, -0.2) is 0 Å². The van der Waals surface area contributed by atoms with Crippen molar-refractivity contribution in [2.24, 2.45) is 5.92 Å². The third-order valence-electron chi connectivity index (χ3n) is 3.37. The van der Waals surface area contributed by atoms with E-state index < -0.39 is 5.97 Å². The molecule has 4 nitrogen and oxygen atoms in total. The van der Waals surface area contributed by atoms with Gasteiger partial charge < -0.3 is 9.84 Å². The standard InChI is InChI=1S/C14H21NO3/c1-10(14(16)17)11(2)15(3)9-12-6-5-7-13(8-12)18-4/h5-8,10-11H,9H2,1-4H3,(H,16,17). The number of hydrogen-bond acceptors (Lipinski definition) is 3. The van der Waals surface area contributed by atoms with E-state index in [1.54, 1.807) is 14.0 Å². The molecule has 100 valence electrons. The third-order valence-corrected chi connectivity index (χ3v) is 3.37. The van der Waals surface area contributed by atoms with E-state index in [9.17, 15) is 4.79 Å². The number of carboxylic acid groups (broad SMARTS) is 1. The second kappa shape index (κ2) is 6.40. The number of methoxy groups -OCH3 is 1. The lowest BCUT2D eigenvalue weighted by Gasteiger charge is -2.27. The quantitative estimate of drug-likeness (QED) is 0.842. The Bertz CT molecular complexity index is 406. The maximum atomic E-state index is 11.0. The first-order chi connectivity index (χ1) is 8.45. The first-order valence-corrected chi connectivity index (χ1v) is 6.01. The van der Waals surface area contributed by atoms with Crippen LogP contribution in [0.4, 0.5) is 0 Å². The second-order valence-electron chi connectivity index (χ2n) is 4.63. The molecule has 0 saturated heterocycles. The number of benzene rings is 1. The highest BCUT2D eigenvalue weighted by Gasteiger charge is 2.22. The molecule has 0 fully saturated rings. The average molecular weight is 251 g/mol. The van der Waals surface area contributed by atoms with E-state index in [0.717, 1.165) is 11.3 Å². The van der Waals surface area contributed by atoms with Gasteiger partial charge in [0.05, 0.1) is 13.0 Å². The van der Waals surface area contributed by atoms with Crippen LogP contribution in [-0.4, -0.2) is 36.2 Å². The van der Waals surface area contributed by atoms with E-state index in [-0.39, 0.29) is 12.0 Å². The van der Waals surface area contributed by atoms with Gasteiger partial charge in [-0.15, -0.1) is 0 Å². The fourth-order valence-corrected chi connectivity index (χ4v) is 1.79. The minimum Gasteiger partial charge on any atom is -0.497 e. The Morgan fingerprint density at radius 2 is 2.11 bits per heavy atom. The van der Waals surface area contributed by atoms with Gasteiger partial charge in [-0.2, -0.15) is 0 Å². The van der Waals surface area contributed by atoms with Crippen molar-refractivity contribution in [2.45, 2.75) is 26.4 Å². The zero-order valence-corrected chi connectivity index (χ0v) is 11.4. The predicted octanol–water partition coefficient (Wildman–Crippen LogP) is 2.24. The lowest BCUT2D eigenvalue weighted by Crippen LogP contribution is -2.37. The summed E-state index contributed by atoms with van der Waals surface area (Å²) in [5.74, 6) is -0.333. The zero-order chi connectivity index (χ0) is 13.7. The van der Waals surface area contributed by atoms with Crippen molar-refractivity contribution in [3.63, 3.8) is 0 Å². The summed E-state index contributed by atoms with van der Waals surface area (Å²) in [7, 11) is 3.57. The lowest BCUT2D eigenvalue weighted by molar-refractivity contribution is -0.143. The first kappa shape index (κ1) is 14.5. The largest absolute Gasteiger partial charge is 0.497 e. The minimum absolute atomic E-state index is 0.0197. The van der Waals surface area contributed by atoms with Gasteiger partial charge >= 0.3 is 5.97 Å². The van der Waals surface area contributed by atoms with E-state index in [1.165, 1.54) is 0 Å². The predicted molar refractivity (Wildman–Crippen MR) is 70.7 cm³/mol. The first-order valence-electron chi connectivity index (χ1n) is 6.01. The van der Waals surface area contributed by atoms with Gasteiger partial charge in [0.2, 0.25) is 0 Å². The highest BCUT2D eigenvalue weighted by Crippen LogP contribution is 2.17. The summed E-state index contributed by atoms with van der Waals surface area (Å²) >= 11 is 0. The van der Waals surface area contributed by atoms with Crippen LogP contribution in [0.15, 0.2) is 24.3 Å². The normalized spacial score (nSPS) is 14.3. The van der Waals surface area contributed by atoms with Crippen LogP contribution < -0.4 is 4.74 Å². The van der Waals surface area contributed by atoms with Crippen LogP contribution in [-0.2, 0) is 11.3 Å². The monoisotopic (exact) mass is 251 g/mol. The Hall–Kier alpha value is -1.55. The van der Waals surface area contributed by atoms with Gasteiger partial charge in [0.1, 0.15) is 5.75 Å². The molecular formula is C14H21NO3. The van der Waals surface area contributed by atoms with E-state index in [4.69, 9.17) is 9.84 Å². The highest BCUT2D eigenvalue weighted by atomic mass is 16.5. The van der Waals surface area contributed by atoms with Crippen molar-refractivity contribution in [1.82, 2.24) is 4.90 Å². The maximum Gasteiger partial charge on any atom is 0.307 e. The van der Waals surface area contributed by atoms with E-state index in [1.807, 2.05) is 43.1 Å². The summed E-state index contributed by atoms with van der Waals surface area (Å²) < 4.78 is 5.17. The number of rotatable bonds is 6. The summed E-state index contributed by atoms with van der Waals surface area (Å²) in [4.78, 5) is 13.0. The molecule has 0 radical (unpaired) electrons. The molecule has 0 bridgehead atoms. The van der Waals surface area contributed by atoms with Crippen molar-refractivity contribution >= 4 is 5.97 Å². The SMILES string of the molecule is COc1cccc(CN(C)C(C)C(C)C(=O)O)c1. The molecule has 1 N–H and O–H groups in total. The van der Waals surface area contributed by atoms with Crippen LogP contribution in [0.3, 0.4) is 0 Å². The Balaban J connectivity index is 2.68. The molecule has 18 heavy (non-hydrogen) atoms. The number of carbonyl (C=O) groups is 1. The number of nitrogens with zero attached hydrogens (tertiary/aromatic N) is 1. The van der Waals surface area contributed by atoms with E-state index >= 15 is 0 Å². The summed E-state index contributed by atoms with van der Waals surface area (Å²) in [6.45, 7) is 4.37. The van der Waals surface area contributed by atoms with Crippen molar-refractivity contribution in [3.8, 4) is 5.75 Å². The number of aliphatic carboxylic acids is 1. The van der Waals surface area contributed by atoms with Gasteiger partial charge in [-0.1, -0.05) is 19.1 Å². The smallest absolute Gasteiger partial charge is 0.307 e. The van der Waals surface area contributed by atoms with Gasteiger partial charge in [0.25, 0.3) is 0 Å². The highest BCUT2D eigenvalue weighted by molar-refractivity contribution is 5.70. The second-order valence-corrected chi connectivity index (χ2v) is 4.63. The summed E-state index contributed by atoms with van der Waals surface area (Å²) in [5, 5.41) is 9.00. The lowest BCUT2D eigenvalue weighted by atomic mass is 10.0. The van der Waals surface area contributed by atoms with E-state index in [2.05, 4.69) is 0 Å². The molecule has 0 aliphatic rings. The molecule has 0 amide bonds. The summed E-state index contributed by atoms with van der Waals surface area (Å²) in [5.41, 5.74) is 1.11. The fourth-order valence-electron chi connectivity index (χ4n) is 1.79. The Morgan fingerprint density at radius 3 is 2.67 bits per heavy atom. The molecule has 0 aliphatic heterocycles. The molecule has 2 atom stereocenters. The third kappa shape index (κ3) is 3.74. The minimum atomic E-state index is -0.764. The fraction of sp³-hybridized carbons (Fsp3) is 0.500. The molecule has 4 heteroatoms. The molecule has 0 heterocycles. The van der Waals surface area contributed by atoms with Gasteiger partial charge in [0.15, 0.2) is 0 Å². The van der Waals surface area contributed by atoms with Crippen LogP contribution in [0.1, 0.15) is 19.4 Å². The van der Waals surface area contributed by atoms with Crippen LogP contribution in [0.2, 0.25) is 0 Å². The molecular weight excluding hydrogens is 230 g/mol. The molecule has 1 rings (SSSR count). The van der Waals surface area contributed by atoms with Crippen molar-refractivity contribution in [2.75, 3.05) is 14.2 Å². The van der Waals surface area contributed by atoms with Crippen LogP contribution >= 0.6 is 0 Å². The van der Waals surface area contributed by atoms with Gasteiger partial charge in [-0.05, 0) is 31.7 Å². The number of hydrogen-bond donors (Lipinski definition) is 1. The van der Waals surface area contributed by atoms with Crippen molar-refractivity contribution in [1.29, 1.82) is 0 Å². The summed E-state index contributed by atoms with van der Waals surface area (Å²) in [6.07, 6.45) is 0. The molecule has 1 aromatic carbocycles.